The van der Waals surface area contributed by atoms with Gasteiger partial charge in [-0.1, -0.05) is 12.1 Å². The zero-order valence-corrected chi connectivity index (χ0v) is 18.4. The van der Waals surface area contributed by atoms with E-state index < -0.39 is 11.8 Å². The summed E-state index contributed by atoms with van der Waals surface area (Å²) in [6.07, 6.45) is 1.63. The zero-order valence-electron chi connectivity index (χ0n) is 18.4. The highest BCUT2D eigenvalue weighted by Gasteiger charge is 2.25. The lowest BCUT2D eigenvalue weighted by molar-refractivity contribution is -0.131. The van der Waals surface area contributed by atoms with Gasteiger partial charge < -0.3 is 24.8 Å². The molecule has 1 aliphatic heterocycles. The standard InChI is InChI=1S/C24H29FN2O5/c1-3-32-22-12-19(31-2)8-6-17(22)13-26-14-23(28)27-10-4-5-18(15-27)16-7-9-21(25)20(11-16)24(29)30/h6-9,11-12,18,26H,3-5,10,13-15H2,1-2H3,(H,29,30). The third-order valence-electron chi connectivity index (χ3n) is 5.63. The molecule has 1 saturated heterocycles. The van der Waals surface area contributed by atoms with Crippen LogP contribution < -0.4 is 14.8 Å². The van der Waals surface area contributed by atoms with Gasteiger partial charge in [-0.15, -0.1) is 0 Å². The second kappa shape index (κ2) is 10.9. The number of aromatic carboxylic acids is 1. The minimum absolute atomic E-state index is 0.0162. The number of hydrogen-bond donors (Lipinski definition) is 2. The Hall–Kier alpha value is -3.13. The van der Waals surface area contributed by atoms with Crippen LogP contribution in [0.15, 0.2) is 36.4 Å². The molecule has 2 N–H and O–H groups in total. The minimum atomic E-state index is -1.29. The molecule has 1 aliphatic rings. The fraction of sp³-hybridized carbons (Fsp3) is 0.417. The highest BCUT2D eigenvalue weighted by Crippen LogP contribution is 2.28. The van der Waals surface area contributed by atoms with Crippen LogP contribution in [0.5, 0.6) is 11.5 Å². The van der Waals surface area contributed by atoms with Crippen molar-refractivity contribution in [2.24, 2.45) is 0 Å². The number of rotatable bonds is 9. The first kappa shape index (κ1) is 23.5. The molecule has 1 amide bonds. The normalized spacial score (nSPS) is 16.0. The fourth-order valence-corrected chi connectivity index (χ4v) is 3.95. The predicted octanol–water partition coefficient (Wildman–Crippen LogP) is 3.43. The number of carbonyl (C=O) groups is 2. The average molecular weight is 445 g/mol. The zero-order chi connectivity index (χ0) is 23.1. The van der Waals surface area contributed by atoms with Gasteiger partial charge >= 0.3 is 5.97 Å². The number of hydrogen-bond acceptors (Lipinski definition) is 5. The molecule has 0 radical (unpaired) electrons. The quantitative estimate of drug-likeness (QED) is 0.616. The van der Waals surface area contributed by atoms with Gasteiger partial charge in [0.15, 0.2) is 0 Å². The van der Waals surface area contributed by atoms with Gasteiger partial charge in [0.05, 0.1) is 25.8 Å². The number of likely N-dealkylation sites (tertiary alicyclic amines) is 1. The number of ether oxygens (including phenoxy) is 2. The summed E-state index contributed by atoms with van der Waals surface area (Å²) >= 11 is 0. The van der Waals surface area contributed by atoms with Gasteiger partial charge in [-0.3, -0.25) is 4.79 Å². The van der Waals surface area contributed by atoms with Crippen LogP contribution in [0.4, 0.5) is 4.39 Å². The van der Waals surface area contributed by atoms with Crippen LogP contribution >= 0.6 is 0 Å². The minimum Gasteiger partial charge on any atom is -0.497 e. The molecule has 7 nitrogen and oxygen atoms in total. The van der Waals surface area contributed by atoms with Gasteiger partial charge in [0.1, 0.15) is 17.3 Å². The number of nitrogens with zero attached hydrogens (tertiary/aromatic N) is 1. The maximum absolute atomic E-state index is 13.7. The van der Waals surface area contributed by atoms with Crippen molar-refractivity contribution in [2.45, 2.75) is 32.2 Å². The monoisotopic (exact) mass is 444 g/mol. The first-order valence-electron chi connectivity index (χ1n) is 10.7. The lowest BCUT2D eigenvalue weighted by Crippen LogP contribution is -2.43. The maximum atomic E-state index is 13.7. The summed E-state index contributed by atoms with van der Waals surface area (Å²) in [5, 5.41) is 12.4. The smallest absolute Gasteiger partial charge is 0.338 e. The third-order valence-corrected chi connectivity index (χ3v) is 5.63. The van der Waals surface area contributed by atoms with Crippen LogP contribution in [-0.4, -0.2) is 55.2 Å². The number of piperidine rings is 1. The number of carboxylic acid groups (broad SMARTS) is 1. The summed E-state index contributed by atoms with van der Waals surface area (Å²) < 4.78 is 24.6. The van der Waals surface area contributed by atoms with E-state index in [1.165, 1.54) is 12.1 Å². The molecular weight excluding hydrogens is 415 g/mol. The number of carboxylic acids is 1. The molecule has 3 rings (SSSR count). The van der Waals surface area contributed by atoms with Crippen molar-refractivity contribution >= 4 is 11.9 Å². The molecule has 1 fully saturated rings. The van der Waals surface area contributed by atoms with Gasteiger partial charge in [0, 0.05) is 37.2 Å². The molecule has 32 heavy (non-hydrogen) atoms. The van der Waals surface area contributed by atoms with Crippen molar-refractivity contribution in [1.29, 1.82) is 0 Å². The van der Waals surface area contributed by atoms with Crippen molar-refractivity contribution in [1.82, 2.24) is 10.2 Å². The molecule has 2 aromatic carbocycles. The molecule has 0 aromatic heterocycles. The van der Waals surface area contributed by atoms with E-state index in [1.807, 2.05) is 25.1 Å². The van der Waals surface area contributed by atoms with Gasteiger partial charge in [-0.05, 0) is 43.5 Å². The molecular formula is C24H29FN2O5. The summed E-state index contributed by atoms with van der Waals surface area (Å²) in [6.45, 7) is 4.22. The lowest BCUT2D eigenvalue weighted by Gasteiger charge is -2.33. The van der Waals surface area contributed by atoms with Crippen LogP contribution in [0.1, 0.15) is 47.2 Å². The van der Waals surface area contributed by atoms with E-state index in [9.17, 15) is 19.1 Å². The molecule has 172 valence electrons. The van der Waals surface area contributed by atoms with E-state index in [0.717, 1.165) is 29.7 Å². The summed E-state index contributed by atoms with van der Waals surface area (Å²) in [5.74, 6) is -0.657. The van der Waals surface area contributed by atoms with E-state index in [4.69, 9.17) is 9.47 Å². The first-order valence-corrected chi connectivity index (χ1v) is 10.7. The Kier molecular flexibility index (Phi) is 8.05. The Morgan fingerprint density at radius 1 is 1.25 bits per heavy atom. The second-order valence-corrected chi connectivity index (χ2v) is 7.73. The third kappa shape index (κ3) is 5.76. The SMILES string of the molecule is CCOc1cc(OC)ccc1CNCC(=O)N1CCCC(c2ccc(F)c(C(=O)O)c2)C1. The van der Waals surface area contributed by atoms with Crippen molar-refractivity contribution in [3.05, 3.63) is 58.9 Å². The van der Waals surface area contributed by atoms with Crippen molar-refractivity contribution in [3.8, 4) is 11.5 Å². The number of methoxy groups -OCH3 is 1. The second-order valence-electron chi connectivity index (χ2n) is 7.73. The Bertz CT molecular complexity index is 965. The van der Waals surface area contributed by atoms with Gasteiger partial charge in [0.2, 0.25) is 5.91 Å². The van der Waals surface area contributed by atoms with Crippen LogP contribution in [-0.2, 0) is 11.3 Å². The van der Waals surface area contributed by atoms with Gasteiger partial charge in [-0.25, -0.2) is 9.18 Å². The average Bonchev–Trinajstić information content (AvgIpc) is 2.80. The highest BCUT2D eigenvalue weighted by molar-refractivity contribution is 5.88. The van der Waals surface area contributed by atoms with E-state index >= 15 is 0 Å². The maximum Gasteiger partial charge on any atom is 0.338 e. The molecule has 2 aromatic rings. The van der Waals surface area contributed by atoms with Gasteiger partial charge in [-0.2, -0.15) is 0 Å². The van der Waals surface area contributed by atoms with Crippen LogP contribution in [0, 0.1) is 5.82 Å². The molecule has 1 heterocycles. The van der Waals surface area contributed by atoms with E-state index in [2.05, 4.69) is 5.32 Å². The molecule has 0 spiro atoms. The van der Waals surface area contributed by atoms with E-state index in [0.29, 0.717) is 32.0 Å². The highest BCUT2D eigenvalue weighted by atomic mass is 19.1. The summed E-state index contributed by atoms with van der Waals surface area (Å²) in [7, 11) is 1.60. The Balaban J connectivity index is 1.58. The van der Waals surface area contributed by atoms with Crippen LogP contribution in [0.3, 0.4) is 0 Å². The lowest BCUT2D eigenvalue weighted by atomic mass is 9.89. The predicted molar refractivity (Wildman–Crippen MR) is 118 cm³/mol. The largest absolute Gasteiger partial charge is 0.497 e. The molecule has 1 atom stereocenters. The van der Waals surface area contributed by atoms with Crippen molar-refractivity contribution < 1.29 is 28.6 Å². The molecule has 0 aliphatic carbocycles. The number of benzene rings is 2. The number of halogens is 1. The van der Waals surface area contributed by atoms with E-state index in [-0.39, 0.29) is 23.9 Å². The molecule has 0 saturated carbocycles. The van der Waals surface area contributed by atoms with Gasteiger partial charge in [0.25, 0.3) is 0 Å². The van der Waals surface area contributed by atoms with Crippen molar-refractivity contribution in [3.63, 3.8) is 0 Å². The molecule has 1 unspecified atom stereocenters. The fourth-order valence-electron chi connectivity index (χ4n) is 3.95. The van der Waals surface area contributed by atoms with Crippen LogP contribution in [0.25, 0.3) is 0 Å². The van der Waals surface area contributed by atoms with E-state index in [1.54, 1.807) is 18.1 Å². The number of nitrogens with one attached hydrogen (secondary N) is 1. The number of carbonyl (C=O) groups excluding carboxylic acids is 1. The summed E-state index contributed by atoms with van der Waals surface area (Å²) in [6, 6.07) is 9.76. The summed E-state index contributed by atoms with van der Waals surface area (Å²) in [4.78, 5) is 25.8. The Morgan fingerprint density at radius 3 is 2.78 bits per heavy atom. The van der Waals surface area contributed by atoms with Crippen LogP contribution in [0.2, 0.25) is 0 Å². The Labute approximate surface area is 187 Å². The summed E-state index contributed by atoms with van der Waals surface area (Å²) in [5.41, 5.74) is 1.34. The topological polar surface area (TPSA) is 88.1 Å². The Morgan fingerprint density at radius 2 is 2.06 bits per heavy atom. The first-order chi connectivity index (χ1) is 15.4. The molecule has 0 bridgehead atoms. The van der Waals surface area contributed by atoms with Crippen molar-refractivity contribution in [2.75, 3.05) is 33.4 Å². The molecule has 8 heteroatoms. The number of amides is 1.